The van der Waals surface area contributed by atoms with Crippen LogP contribution in [-0.2, 0) is 28.6 Å². The van der Waals surface area contributed by atoms with E-state index in [2.05, 4.69) is 5.32 Å². The van der Waals surface area contributed by atoms with Crippen LogP contribution in [0.4, 0.5) is 0 Å². The number of furan rings is 1. The second-order valence-electron chi connectivity index (χ2n) is 14.7. The number of ether oxygens (including phenoxy) is 3. The van der Waals surface area contributed by atoms with Gasteiger partial charge in [-0.05, 0) is 49.3 Å². The maximum atomic E-state index is 14.6. The zero-order valence-corrected chi connectivity index (χ0v) is 28.4. The van der Waals surface area contributed by atoms with Crippen LogP contribution in [0.2, 0.25) is 0 Å². The fourth-order valence-corrected chi connectivity index (χ4v) is 8.72. The Hall–Kier alpha value is -3.92. The molecule has 0 spiro atoms. The first kappa shape index (κ1) is 35.9. The molecule has 9 unspecified atom stereocenters. The molecule has 6 N–H and O–H groups in total. The number of amides is 1. The molecule has 6 rings (SSSR count). The largest absolute Gasteiger partial charge is 0.467 e. The van der Waals surface area contributed by atoms with Crippen LogP contribution in [0.5, 0.6) is 0 Å². The molecule has 14 nitrogen and oxygen atoms in total. The van der Waals surface area contributed by atoms with Gasteiger partial charge in [0.05, 0.1) is 36.1 Å². The quantitative estimate of drug-likeness (QED) is 0.175. The molecule has 1 aliphatic heterocycles. The molecule has 2 bridgehead atoms. The minimum atomic E-state index is -2.29. The number of rotatable bonds is 7. The topological polar surface area (TPSA) is 222 Å². The number of hydrogen-bond acceptors (Lipinski definition) is 13. The summed E-state index contributed by atoms with van der Waals surface area (Å²) in [5.41, 5.74) is -7.48. The lowest BCUT2D eigenvalue weighted by atomic mass is 9.44. The standard InChI is InChI=1S/C36H43NO13/c1-17-21(49-32(44)27(41)25(37-18(2)38)20-12-9-13-47-20)15-36(46)30(50-31(43)19-10-7-6-8-11-19)28-34(5,22(39)14-23-35(28,45)16-48-23)29(42)26(40)24(17)33(36,3)4/h6-13,21-23,25-28,30,39-41,45-46H,14-16H2,1-5H3,(H,37,38)/t21?,22?,23?,25?,26?,27?,28?,30?,34-,35+,36?/m1/s1. The lowest BCUT2D eigenvalue weighted by Crippen LogP contribution is -2.81. The van der Waals surface area contributed by atoms with Crippen molar-refractivity contribution in [1.29, 1.82) is 0 Å². The number of fused-ring (bicyclic) bond motifs is 5. The third kappa shape index (κ3) is 5.23. The number of carbonyl (C=O) groups is 4. The molecular weight excluding hydrogens is 654 g/mol. The van der Waals surface area contributed by atoms with Gasteiger partial charge in [-0.25, -0.2) is 9.59 Å². The highest BCUT2D eigenvalue weighted by atomic mass is 16.6. The summed E-state index contributed by atoms with van der Waals surface area (Å²) in [4.78, 5) is 54.0. The van der Waals surface area contributed by atoms with Crippen LogP contribution in [0.1, 0.15) is 69.6 Å². The Labute approximate surface area is 288 Å². The molecule has 2 saturated carbocycles. The molecule has 1 aromatic carbocycles. The molecule has 3 fully saturated rings. The van der Waals surface area contributed by atoms with Crippen molar-refractivity contribution >= 4 is 23.6 Å². The number of aliphatic hydroxyl groups excluding tert-OH is 3. The monoisotopic (exact) mass is 697 g/mol. The molecule has 14 heteroatoms. The molecule has 4 aliphatic rings. The zero-order chi connectivity index (χ0) is 36.6. The molecule has 0 radical (unpaired) electrons. The fourth-order valence-electron chi connectivity index (χ4n) is 8.72. The number of nitrogens with one attached hydrogen (secondary N) is 1. The highest BCUT2D eigenvalue weighted by Gasteiger charge is 2.76. The van der Waals surface area contributed by atoms with E-state index in [1.165, 1.54) is 51.3 Å². The SMILES string of the molecule is CC(=O)NC(c1ccco1)C(O)C(=O)OC1CC2(O)C(OC(=O)c3ccccc3)C3[C@]4(O)COC4CC(O)[C@@]3(C)C(=O)C(O)C(=C1C)C2(C)C. The van der Waals surface area contributed by atoms with E-state index in [0.717, 1.165) is 0 Å². The Morgan fingerprint density at radius 2 is 1.70 bits per heavy atom. The first-order valence-corrected chi connectivity index (χ1v) is 16.5. The van der Waals surface area contributed by atoms with Crippen molar-refractivity contribution in [1.82, 2.24) is 5.32 Å². The summed E-state index contributed by atoms with van der Waals surface area (Å²) >= 11 is 0. The van der Waals surface area contributed by atoms with Gasteiger partial charge in [0.25, 0.3) is 0 Å². The maximum Gasteiger partial charge on any atom is 0.338 e. The number of benzene rings is 1. The zero-order valence-electron chi connectivity index (χ0n) is 28.4. The molecular formula is C36H43NO13. The molecule has 2 aromatic rings. The maximum absolute atomic E-state index is 14.6. The summed E-state index contributed by atoms with van der Waals surface area (Å²) in [5, 5.41) is 62.3. The molecule has 270 valence electrons. The van der Waals surface area contributed by atoms with Crippen molar-refractivity contribution in [2.75, 3.05) is 6.61 Å². The molecule has 1 aromatic heterocycles. The number of aliphatic hydroxyl groups is 5. The van der Waals surface area contributed by atoms with Crippen LogP contribution in [0, 0.1) is 16.7 Å². The van der Waals surface area contributed by atoms with Gasteiger partial charge in [-0.2, -0.15) is 0 Å². The highest BCUT2D eigenvalue weighted by molar-refractivity contribution is 5.94. The number of esters is 2. The summed E-state index contributed by atoms with van der Waals surface area (Å²) in [6, 6.07) is 9.47. The van der Waals surface area contributed by atoms with Crippen LogP contribution in [0.15, 0.2) is 64.3 Å². The van der Waals surface area contributed by atoms with Gasteiger partial charge < -0.3 is 49.5 Å². The molecule has 1 saturated heterocycles. The summed E-state index contributed by atoms with van der Waals surface area (Å²) in [6.45, 7) is 6.84. The van der Waals surface area contributed by atoms with E-state index in [-0.39, 0.29) is 35.5 Å². The highest BCUT2D eigenvalue weighted by Crippen LogP contribution is 2.63. The van der Waals surface area contributed by atoms with Gasteiger partial charge in [0.15, 0.2) is 11.9 Å². The molecule has 11 atom stereocenters. The first-order chi connectivity index (χ1) is 23.4. The Bertz CT molecular complexity index is 1700. The molecule has 1 amide bonds. The second-order valence-corrected chi connectivity index (χ2v) is 14.7. The van der Waals surface area contributed by atoms with Gasteiger partial charge in [0.2, 0.25) is 5.91 Å². The lowest BCUT2D eigenvalue weighted by molar-refractivity contribution is -0.343. The van der Waals surface area contributed by atoms with Crippen molar-refractivity contribution in [3.63, 3.8) is 0 Å². The van der Waals surface area contributed by atoms with Crippen LogP contribution < -0.4 is 5.32 Å². The van der Waals surface area contributed by atoms with Gasteiger partial charge >= 0.3 is 11.9 Å². The van der Waals surface area contributed by atoms with E-state index in [4.69, 9.17) is 18.6 Å². The lowest BCUT2D eigenvalue weighted by Gasteiger charge is -2.66. The minimum absolute atomic E-state index is 0.0420. The average molecular weight is 698 g/mol. The third-order valence-corrected chi connectivity index (χ3v) is 11.6. The van der Waals surface area contributed by atoms with Gasteiger partial charge in [-0.3, -0.25) is 9.59 Å². The van der Waals surface area contributed by atoms with Crippen molar-refractivity contribution in [2.24, 2.45) is 16.7 Å². The van der Waals surface area contributed by atoms with E-state index in [1.807, 2.05) is 0 Å². The van der Waals surface area contributed by atoms with Crippen LogP contribution in [0.25, 0.3) is 0 Å². The van der Waals surface area contributed by atoms with E-state index >= 15 is 0 Å². The van der Waals surface area contributed by atoms with Gasteiger partial charge in [0.1, 0.15) is 41.3 Å². The van der Waals surface area contributed by atoms with Crippen molar-refractivity contribution in [3.05, 3.63) is 71.2 Å². The predicted octanol–water partition coefficient (Wildman–Crippen LogP) is 0.893. The van der Waals surface area contributed by atoms with Crippen molar-refractivity contribution in [3.8, 4) is 0 Å². The van der Waals surface area contributed by atoms with Gasteiger partial charge in [-0.1, -0.05) is 32.0 Å². The fraction of sp³-hybridized carbons (Fsp3) is 0.556. The minimum Gasteiger partial charge on any atom is -0.467 e. The van der Waals surface area contributed by atoms with Crippen LogP contribution in [0.3, 0.4) is 0 Å². The number of Topliss-reactive ketones (excluding diaryl/α,β-unsaturated/α-hetero) is 1. The molecule has 50 heavy (non-hydrogen) atoms. The summed E-state index contributed by atoms with van der Waals surface area (Å²) in [7, 11) is 0. The third-order valence-electron chi connectivity index (χ3n) is 11.6. The smallest absolute Gasteiger partial charge is 0.338 e. The van der Waals surface area contributed by atoms with Crippen LogP contribution in [-0.4, -0.2) is 104 Å². The molecule has 2 heterocycles. The van der Waals surface area contributed by atoms with Gasteiger partial charge in [-0.15, -0.1) is 0 Å². The normalized spacial score (nSPS) is 37.1. The van der Waals surface area contributed by atoms with E-state index in [1.54, 1.807) is 32.0 Å². The van der Waals surface area contributed by atoms with Crippen molar-refractivity contribution in [2.45, 2.75) is 101 Å². The second kappa shape index (κ2) is 12.4. The number of carbonyl (C=O) groups excluding carboxylic acids is 4. The van der Waals surface area contributed by atoms with Gasteiger partial charge in [0, 0.05) is 31.1 Å². The first-order valence-electron chi connectivity index (χ1n) is 16.5. The molecule has 3 aliphatic carbocycles. The van der Waals surface area contributed by atoms with E-state index in [9.17, 15) is 44.7 Å². The summed E-state index contributed by atoms with van der Waals surface area (Å²) < 4.78 is 22.9. The summed E-state index contributed by atoms with van der Waals surface area (Å²) in [5.74, 6) is -5.06. The Morgan fingerprint density at radius 1 is 1.02 bits per heavy atom. The average Bonchev–Trinajstić information content (AvgIpc) is 3.60. The van der Waals surface area contributed by atoms with E-state index in [0.29, 0.717) is 0 Å². The van der Waals surface area contributed by atoms with E-state index < -0.39 is 101 Å². The number of hydrogen-bond donors (Lipinski definition) is 6. The predicted molar refractivity (Wildman–Crippen MR) is 171 cm³/mol. The number of ketones is 1. The summed E-state index contributed by atoms with van der Waals surface area (Å²) in [6.07, 6.45) is -8.96. The Balaban J connectivity index is 1.49. The Kier molecular flexibility index (Phi) is 8.89. The van der Waals surface area contributed by atoms with Crippen molar-refractivity contribution < 1.29 is 63.3 Å². The van der Waals surface area contributed by atoms with Crippen LogP contribution >= 0.6 is 0 Å². The Morgan fingerprint density at radius 3 is 2.28 bits per heavy atom.